The summed E-state index contributed by atoms with van der Waals surface area (Å²) in [5, 5.41) is 12.9. The second-order valence-electron chi connectivity index (χ2n) is 5.76. The van der Waals surface area contributed by atoms with E-state index in [-0.39, 0.29) is 5.56 Å². The normalized spacial score (nSPS) is 12.3. The summed E-state index contributed by atoms with van der Waals surface area (Å²) in [5.74, 6) is -2.22. The van der Waals surface area contributed by atoms with Crippen LogP contribution >= 0.6 is 68.4 Å². The van der Waals surface area contributed by atoms with Gasteiger partial charge in [-0.15, -0.1) is 0 Å². The average molecular weight is 657 g/mol. The molecule has 7 nitrogen and oxygen atoms in total. The van der Waals surface area contributed by atoms with E-state index in [1.807, 2.05) is 45.2 Å². The van der Waals surface area contributed by atoms with Gasteiger partial charge in [-0.1, -0.05) is 23.2 Å². The van der Waals surface area contributed by atoms with Gasteiger partial charge in [0.05, 0.1) is 32.4 Å². The maximum atomic E-state index is 11.2. The van der Waals surface area contributed by atoms with Crippen molar-refractivity contribution in [2.45, 2.75) is 0 Å². The van der Waals surface area contributed by atoms with E-state index in [4.69, 9.17) is 28.3 Å². The van der Waals surface area contributed by atoms with Crippen LogP contribution in [0.15, 0.2) is 35.1 Å². The topological polar surface area (TPSA) is 116 Å². The van der Waals surface area contributed by atoms with Crippen molar-refractivity contribution in [2.24, 2.45) is 0 Å². The van der Waals surface area contributed by atoms with Gasteiger partial charge in [-0.2, -0.15) is 0 Å². The Labute approximate surface area is 200 Å². The molecule has 1 amide bonds. The lowest BCUT2D eigenvalue weighted by Gasteiger charge is -2.04. The van der Waals surface area contributed by atoms with E-state index in [9.17, 15) is 19.2 Å². The number of ketones is 1. The summed E-state index contributed by atoms with van der Waals surface area (Å²) >= 11 is 15.7. The van der Waals surface area contributed by atoms with Crippen molar-refractivity contribution in [1.29, 1.82) is 0 Å². The van der Waals surface area contributed by atoms with Crippen LogP contribution in [0.3, 0.4) is 0 Å². The Balaban J connectivity index is 0.000000169. The molecule has 4 rings (SSSR count). The summed E-state index contributed by atoms with van der Waals surface area (Å²) in [7, 11) is 0. The Hall–Kier alpha value is -1.70. The Bertz CT molecular complexity index is 1270. The number of halogens is 4. The standard InChI is InChI=1S/C10H5ClINO3.C8H3ClINO2/c11-6-3-8-4(1-7(6)12)5(10(15)16)2-9(14)13-8;9-4-2-6-3(1-5(4)10)7(12)8(13)11-6/h1-3H,(H,13,14)(H,15,16);1-2H,(H,11,12,13). The number of Topliss-reactive ketones (excluding diaryl/α,β-unsaturated/α-hetero) is 1. The molecule has 0 unspecified atom stereocenters. The van der Waals surface area contributed by atoms with Gasteiger partial charge in [-0.25, -0.2) is 4.79 Å². The van der Waals surface area contributed by atoms with E-state index in [0.29, 0.717) is 32.2 Å². The molecule has 1 aliphatic heterocycles. The molecule has 2 aromatic carbocycles. The fourth-order valence-corrected chi connectivity index (χ4v) is 3.83. The monoisotopic (exact) mass is 656 g/mol. The lowest BCUT2D eigenvalue weighted by Crippen LogP contribution is -2.12. The fraction of sp³-hybridized carbons (Fsp3) is 0. The van der Waals surface area contributed by atoms with Crippen LogP contribution in [0, 0.1) is 7.14 Å². The molecule has 3 N–H and O–H groups in total. The summed E-state index contributed by atoms with van der Waals surface area (Å²) in [6, 6.07) is 7.44. The number of carboxylic acid groups (broad SMARTS) is 1. The zero-order valence-corrected chi connectivity index (χ0v) is 19.8. The molecule has 2 heterocycles. The second-order valence-corrected chi connectivity index (χ2v) is 8.90. The molecule has 1 aromatic heterocycles. The number of fused-ring (bicyclic) bond motifs is 2. The largest absolute Gasteiger partial charge is 0.478 e. The highest BCUT2D eigenvalue weighted by atomic mass is 127. The van der Waals surface area contributed by atoms with E-state index in [0.717, 1.165) is 13.2 Å². The predicted octanol–water partition coefficient (Wildman–Crippen LogP) is 4.56. The number of carbonyl (C=O) groups excluding carboxylic acids is 2. The summed E-state index contributed by atoms with van der Waals surface area (Å²) in [6.07, 6.45) is 0. The van der Waals surface area contributed by atoms with Crippen LogP contribution < -0.4 is 10.9 Å². The maximum Gasteiger partial charge on any atom is 0.336 e. The smallest absolute Gasteiger partial charge is 0.336 e. The molecule has 0 radical (unpaired) electrons. The van der Waals surface area contributed by atoms with Gasteiger partial charge in [0.1, 0.15) is 0 Å². The SMILES string of the molecule is O=C(O)c1cc(=O)[nH]c2cc(Cl)c(I)cc12.O=C1Nc2cc(Cl)c(I)cc2C1=O. The molecule has 148 valence electrons. The number of carboxylic acids is 1. The highest BCUT2D eigenvalue weighted by Crippen LogP contribution is 2.30. The van der Waals surface area contributed by atoms with Crippen molar-refractivity contribution < 1.29 is 19.5 Å². The van der Waals surface area contributed by atoms with E-state index in [1.165, 1.54) is 0 Å². The van der Waals surface area contributed by atoms with Crippen molar-refractivity contribution in [3.05, 3.63) is 69.0 Å². The molecule has 11 heteroatoms. The quantitative estimate of drug-likeness (QED) is 0.262. The summed E-state index contributed by atoms with van der Waals surface area (Å²) in [5.41, 5.74) is 0.852. The lowest BCUT2D eigenvalue weighted by atomic mass is 10.1. The molecule has 1 aliphatic rings. The van der Waals surface area contributed by atoms with Crippen LogP contribution in [0.2, 0.25) is 10.0 Å². The number of hydrogen-bond donors (Lipinski definition) is 3. The third kappa shape index (κ3) is 4.57. The van der Waals surface area contributed by atoms with Gasteiger partial charge in [-0.05, 0) is 69.4 Å². The van der Waals surface area contributed by atoms with Crippen molar-refractivity contribution in [3.63, 3.8) is 0 Å². The van der Waals surface area contributed by atoms with Gasteiger partial charge in [0, 0.05) is 18.6 Å². The second kappa shape index (κ2) is 8.58. The molecular formula is C18H8Cl2I2N2O5. The Morgan fingerprint density at radius 3 is 2.21 bits per heavy atom. The minimum atomic E-state index is -1.13. The molecule has 0 atom stereocenters. The fourth-order valence-electron chi connectivity index (χ4n) is 2.57. The number of aromatic amines is 1. The highest BCUT2D eigenvalue weighted by molar-refractivity contribution is 14.1. The van der Waals surface area contributed by atoms with E-state index < -0.39 is 23.2 Å². The molecule has 29 heavy (non-hydrogen) atoms. The minimum absolute atomic E-state index is 0.0201. The van der Waals surface area contributed by atoms with Crippen LogP contribution in [-0.2, 0) is 4.79 Å². The molecule has 3 aromatic rings. The van der Waals surface area contributed by atoms with Crippen molar-refractivity contribution >= 4 is 103 Å². The molecule has 0 saturated heterocycles. The number of aromatic nitrogens is 1. The number of nitrogens with one attached hydrogen (secondary N) is 2. The number of carbonyl (C=O) groups is 3. The van der Waals surface area contributed by atoms with Crippen molar-refractivity contribution in [1.82, 2.24) is 4.98 Å². The summed E-state index contributed by atoms with van der Waals surface area (Å²) in [6.45, 7) is 0. The number of benzene rings is 2. The number of anilines is 1. The van der Waals surface area contributed by atoms with Gasteiger partial charge in [-0.3, -0.25) is 14.4 Å². The first kappa shape index (κ1) is 22.0. The van der Waals surface area contributed by atoms with Gasteiger partial charge < -0.3 is 15.4 Å². The van der Waals surface area contributed by atoms with Crippen LogP contribution in [0.4, 0.5) is 5.69 Å². The van der Waals surface area contributed by atoms with Crippen LogP contribution in [0.5, 0.6) is 0 Å². The summed E-state index contributed by atoms with van der Waals surface area (Å²) in [4.78, 5) is 46.9. The number of pyridine rings is 1. The molecule has 0 aliphatic carbocycles. The molecule has 0 fully saturated rings. The first-order valence-electron chi connectivity index (χ1n) is 7.68. The van der Waals surface area contributed by atoms with E-state index in [1.54, 1.807) is 24.3 Å². The Kier molecular flexibility index (Phi) is 6.51. The number of H-pyrrole nitrogens is 1. The molecule has 0 saturated carbocycles. The van der Waals surface area contributed by atoms with Gasteiger partial charge in [0.25, 0.3) is 11.7 Å². The minimum Gasteiger partial charge on any atom is -0.478 e. The predicted molar refractivity (Wildman–Crippen MR) is 126 cm³/mol. The van der Waals surface area contributed by atoms with Gasteiger partial charge in [0.2, 0.25) is 5.56 Å². The lowest BCUT2D eigenvalue weighted by molar-refractivity contribution is -0.112. The van der Waals surface area contributed by atoms with Crippen LogP contribution in [-0.4, -0.2) is 27.8 Å². The molecular weight excluding hydrogens is 649 g/mol. The number of rotatable bonds is 1. The average Bonchev–Trinajstić information content (AvgIpc) is 2.90. The van der Waals surface area contributed by atoms with Gasteiger partial charge in [0.15, 0.2) is 0 Å². The number of amides is 1. The van der Waals surface area contributed by atoms with Gasteiger partial charge >= 0.3 is 5.97 Å². The third-order valence-electron chi connectivity index (χ3n) is 3.87. The molecule has 0 bridgehead atoms. The van der Waals surface area contributed by atoms with Crippen LogP contribution in [0.1, 0.15) is 20.7 Å². The first-order valence-corrected chi connectivity index (χ1v) is 10.6. The molecule has 0 spiro atoms. The zero-order valence-electron chi connectivity index (χ0n) is 14.0. The highest BCUT2D eigenvalue weighted by Gasteiger charge is 2.28. The van der Waals surface area contributed by atoms with Crippen LogP contribution in [0.25, 0.3) is 10.9 Å². The first-order chi connectivity index (χ1) is 13.6. The third-order valence-corrected chi connectivity index (χ3v) is 6.92. The van der Waals surface area contributed by atoms with E-state index in [2.05, 4.69) is 10.3 Å². The Morgan fingerprint density at radius 2 is 1.55 bits per heavy atom. The Morgan fingerprint density at radius 1 is 0.931 bits per heavy atom. The number of aromatic carboxylic acids is 1. The zero-order chi connectivity index (χ0) is 21.5. The maximum absolute atomic E-state index is 11.2. The van der Waals surface area contributed by atoms with E-state index >= 15 is 0 Å². The number of hydrogen-bond acceptors (Lipinski definition) is 4. The summed E-state index contributed by atoms with van der Waals surface area (Å²) < 4.78 is 1.50. The van der Waals surface area contributed by atoms with Crippen molar-refractivity contribution in [2.75, 3.05) is 5.32 Å². The van der Waals surface area contributed by atoms with Crippen molar-refractivity contribution in [3.8, 4) is 0 Å².